The molecule has 7 atom stereocenters. The van der Waals surface area contributed by atoms with Gasteiger partial charge in [-0.2, -0.15) is 0 Å². The first kappa shape index (κ1) is 41.9. The van der Waals surface area contributed by atoms with Crippen LogP contribution in [0.2, 0.25) is 0 Å². The maximum atomic E-state index is 12.7. The SMILES string of the molecule is CC(=O)OC[C@]12CCC(O[Si](c3ccccc3)(c3ccccc3)c3ccccc3)C=C1CC[C@@H]1[C@H]2CC[C@]2(C)C(O[Si](c3ccccc3)(c3ccccc3)c3ccccc3)CC[C@@H]12. The average molecular weight is 865 g/mol. The maximum Gasteiger partial charge on any atom is 0.302 e. The lowest BCUT2D eigenvalue weighted by atomic mass is 9.47. The Kier molecular flexibility index (Phi) is 11.6. The summed E-state index contributed by atoms with van der Waals surface area (Å²) in [4.78, 5) is 12.7. The minimum Gasteiger partial charge on any atom is -0.465 e. The van der Waals surface area contributed by atoms with Gasteiger partial charge in [-0.15, -0.1) is 0 Å². The fraction of sp³-hybridized carbons (Fsp3) is 0.316. The second-order valence-corrected chi connectivity index (χ2v) is 25.7. The Balaban J connectivity index is 0.995. The molecule has 3 saturated carbocycles. The highest BCUT2D eigenvalue weighted by Crippen LogP contribution is 2.66. The summed E-state index contributed by atoms with van der Waals surface area (Å²) >= 11 is 0. The zero-order chi connectivity index (χ0) is 42.9. The summed E-state index contributed by atoms with van der Waals surface area (Å²) in [6.07, 6.45) is 11.0. The monoisotopic (exact) mass is 864 g/mol. The molecule has 6 aromatic rings. The van der Waals surface area contributed by atoms with E-state index in [9.17, 15) is 4.79 Å². The molecule has 0 spiro atoms. The number of hydrogen-bond donors (Lipinski definition) is 0. The second kappa shape index (κ2) is 17.5. The number of ether oxygens (including phenoxy) is 1. The van der Waals surface area contributed by atoms with Crippen molar-refractivity contribution >= 4 is 53.7 Å². The quantitative estimate of drug-likeness (QED) is 0.0536. The molecule has 10 rings (SSSR count). The van der Waals surface area contributed by atoms with E-state index in [1.165, 1.54) is 43.1 Å². The third-order valence-electron chi connectivity index (χ3n) is 16.0. The highest BCUT2D eigenvalue weighted by atomic mass is 28.4. The van der Waals surface area contributed by atoms with E-state index in [2.05, 4.69) is 195 Å². The van der Waals surface area contributed by atoms with Crippen LogP contribution < -0.4 is 31.1 Å². The standard InChI is InChI=1S/C57H60O4Si2/c1-43(58)59-42-57-40-37-45(60-62(46-21-9-3-10-22-46,47-23-11-4-12-24-47)48-25-13-5-14-26-48)41-44(57)33-34-52-53-35-36-55(56(53,2)39-38-54(52)57)61-63(49-27-15-6-16-28-49,50-29-17-7-18-30-50)51-31-19-8-20-32-51/h3-32,41,45,52-55H,33-40,42H2,1-2H3/t45?,52-,53-,54+,55?,56-,57+/m0/s1. The van der Waals surface area contributed by atoms with Crippen LogP contribution in [-0.4, -0.2) is 41.4 Å². The highest BCUT2D eigenvalue weighted by molar-refractivity contribution is 7.07. The van der Waals surface area contributed by atoms with E-state index in [4.69, 9.17) is 13.6 Å². The Bertz CT molecular complexity index is 2310. The second-order valence-electron chi connectivity index (χ2n) is 19.0. The Labute approximate surface area is 376 Å². The summed E-state index contributed by atoms with van der Waals surface area (Å²) in [5, 5.41) is 7.66. The molecule has 4 aliphatic rings. The van der Waals surface area contributed by atoms with E-state index >= 15 is 0 Å². The summed E-state index contributed by atoms with van der Waals surface area (Å²) in [5.41, 5.74) is 1.30. The molecule has 0 bridgehead atoms. The molecule has 63 heavy (non-hydrogen) atoms. The van der Waals surface area contributed by atoms with Gasteiger partial charge < -0.3 is 13.6 Å². The van der Waals surface area contributed by atoms with E-state index in [0.717, 1.165) is 44.9 Å². The van der Waals surface area contributed by atoms with Gasteiger partial charge >= 0.3 is 5.97 Å². The van der Waals surface area contributed by atoms with Crippen molar-refractivity contribution in [3.63, 3.8) is 0 Å². The first-order valence-electron chi connectivity index (χ1n) is 23.4. The van der Waals surface area contributed by atoms with Gasteiger partial charge in [0.15, 0.2) is 0 Å². The van der Waals surface area contributed by atoms with Crippen molar-refractivity contribution in [3.05, 3.63) is 194 Å². The third-order valence-corrected chi connectivity index (χ3v) is 24.1. The number of fused-ring (bicyclic) bond motifs is 5. The molecule has 6 aromatic carbocycles. The predicted octanol–water partition coefficient (Wildman–Crippen LogP) is 8.60. The lowest BCUT2D eigenvalue weighted by Crippen LogP contribution is -2.71. The molecule has 4 nitrogen and oxygen atoms in total. The number of hydrogen-bond acceptors (Lipinski definition) is 4. The molecule has 3 fully saturated rings. The lowest BCUT2D eigenvalue weighted by molar-refractivity contribution is -0.150. The first-order valence-corrected chi connectivity index (χ1v) is 27.2. The lowest BCUT2D eigenvalue weighted by Gasteiger charge is -2.59. The van der Waals surface area contributed by atoms with Gasteiger partial charge in [0.05, 0.1) is 12.2 Å². The Morgan fingerprint density at radius 2 is 0.952 bits per heavy atom. The van der Waals surface area contributed by atoms with Gasteiger partial charge in [-0.05, 0) is 106 Å². The topological polar surface area (TPSA) is 44.8 Å². The van der Waals surface area contributed by atoms with Crippen LogP contribution in [0.4, 0.5) is 0 Å². The molecular weight excluding hydrogens is 805 g/mol. The van der Waals surface area contributed by atoms with Crippen molar-refractivity contribution in [2.45, 2.75) is 77.4 Å². The molecule has 0 aliphatic heterocycles. The van der Waals surface area contributed by atoms with Crippen molar-refractivity contribution in [1.82, 2.24) is 0 Å². The van der Waals surface area contributed by atoms with Gasteiger partial charge in [0.1, 0.15) is 6.61 Å². The fourth-order valence-electron chi connectivity index (χ4n) is 13.1. The van der Waals surface area contributed by atoms with Crippen LogP contribution in [0.25, 0.3) is 0 Å². The zero-order valence-corrected chi connectivity index (χ0v) is 38.8. The van der Waals surface area contributed by atoms with Gasteiger partial charge in [-0.1, -0.05) is 201 Å². The van der Waals surface area contributed by atoms with Crippen LogP contribution in [0.5, 0.6) is 0 Å². The van der Waals surface area contributed by atoms with Crippen molar-refractivity contribution < 1.29 is 18.4 Å². The normalized spacial score (nSPS) is 26.7. The predicted molar refractivity (Wildman–Crippen MR) is 260 cm³/mol. The summed E-state index contributed by atoms with van der Waals surface area (Å²) in [7, 11) is -5.83. The molecule has 0 saturated heterocycles. The molecule has 0 amide bonds. The van der Waals surface area contributed by atoms with Crippen LogP contribution in [0.1, 0.15) is 65.2 Å². The average Bonchev–Trinajstić information content (AvgIpc) is 3.68. The van der Waals surface area contributed by atoms with E-state index in [-0.39, 0.29) is 29.0 Å². The molecular formula is C57H60O4Si2. The smallest absolute Gasteiger partial charge is 0.302 e. The molecule has 4 aliphatic carbocycles. The van der Waals surface area contributed by atoms with Gasteiger partial charge in [0.25, 0.3) is 16.6 Å². The van der Waals surface area contributed by atoms with Crippen molar-refractivity contribution in [3.8, 4) is 0 Å². The van der Waals surface area contributed by atoms with E-state index < -0.39 is 16.6 Å². The number of esters is 1. The van der Waals surface area contributed by atoms with Crippen LogP contribution in [-0.2, 0) is 18.4 Å². The van der Waals surface area contributed by atoms with Crippen LogP contribution in [0, 0.1) is 28.6 Å². The van der Waals surface area contributed by atoms with Crippen molar-refractivity contribution in [2.75, 3.05) is 6.61 Å². The Morgan fingerprint density at radius 3 is 1.38 bits per heavy atom. The summed E-state index contributed by atoms with van der Waals surface area (Å²) in [6.45, 7) is 4.60. The number of rotatable bonds is 12. The summed E-state index contributed by atoms with van der Waals surface area (Å²) in [6, 6.07) is 66.1. The van der Waals surface area contributed by atoms with Crippen molar-refractivity contribution in [1.29, 1.82) is 0 Å². The van der Waals surface area contributed by atoms with Crippen molar-refractivity contribution in [2.24, 2.45) is 28.6 Å². The fourth-order valence-corrected chi connectivity index (χ4v) is 21.4. The summed E-state index contributed by atoms with van der Waals surface area (Å²) < 4.78 is 22.0. The molecule has 320 valence electrons. The maximum absolute atomic E-state index is 12.7. The van der Waals surface area contributed by atoms with Gasteiger partial charge in [-0.25, -0.2) is 0 Å². The molecule has 0 aromatic heterocycles. The molecule has 0 N–H and O–H groups in total. The molecule has 0 heterocycles. The van der Waals surface area contributed by atoms with E-state index in [0.29, 0.717) is 24.4 Å². The minimum atomic E-state index is -2.93. The van der Waals surface area contributed by atoms with Gasteiger partial charge in [-0.3, -0.25) is 4.79 Å². The van der Waals surface area contributed by atoms with Gasteiger partial charge in [0.2, 0.25) is 0 Å². The Hall–Kier alpha value is -5.12. The minimum absolute atomic E-state index is 0.0359. The van der Waals surface area contributed by atoms with E-state index in [1.807, 2.05) is 0 Å². The third kappa shape index (κ3) is 7.33. The first-order chi connectivity index (χ1) is 30.9. The van der Waals surface area contributed by atoms with Crippen LogP contribution in [0.15, 0.2) is 194 Å². The number of carbonyl (C=O) groups is 1. The summed E-state index contributed by atoms with van der Waals surface area (Å²) in [5.74, 6) is 1.32. The van der Waals surface area contributed by atoms with Crippen LogP contribution in [0.3, 0.4) is 0 Å². The largest absolute Gasteiger partial charge is 0.465 e. The van der Waals surface area contributed by atoms with E-state index in [1.54, 1.807) is 6.92 Å². The Morgan fingerprint density at radius 1 is 0.524 bits per heavy atom. The van der Waals surface area contributed by atoms with Gasteiger partial charge in [0, 0.05) is 12.3 Å². The molecule has 6 heteroatoms. The van der Waals surface area contributed by atoms with Crippen LogP contribution >= 0.6 is 0 Å². The number of carbonyl (C=O) groups excluding carboxylic acids is 1. The molecule has 0 radical (unpaired) electrons. The highest BCUT2D eigenvalue weighted by Gasteiger charge is 2.62. The molecule has 2 unspecified atom stereocenters. The number of benzene rings is 6. The zero-order valence-electron chi connectivity index (χ0n) is 36.8.